The van der Waals surface area contributed by atoms with Crippen LogP contribution in [0.4, 0.5) is 9.18 Å². The molecule has 0 saturated heterocycles. The molecule has 3 rings (SSSR count). The molecule has 24 heavy (non-hydrogen) atoms. The van der Waals surface area contributed by atoms with Gasteiger partial charge in [0.1, 0.15) is 18.6 Å². The monoisotopic (exact) mass is 328 g/mol. The van der Waals surface area contributed by atoms with Gasteiger partial charge in [-0.25, -0.2) is 9.18 Å². The van der Waals surface area contributed by atoms with E-state index in [0.29, 0.717) is 27.9 Å². The standard InChI is InChI=1S/C16H13FN4O3/c1-23-21-14(9-2-5-11(17)6-3-9)10-4-7-12-13(8-10)20-16(19-12)24-15(18)22/h2-8H,1H3,(H2,18,22)(H,19,20)/b21-14-. The highest BCUT2D eigenvalue weighted by Gasteiger charge is 2.12. The van der Waals surface area contributed by atoms with Gasteiger partial charge in [-0.2, -0.15) is 4.98 Å². The minimum absolute atomic E-state index is 0.00154. The first kappa shape index (κ1) is 15.5. The molecule has 2 aromatic carbocycles. The lowest BCUT2D eigenvalue weighted by atomic mass is 10.0. The molecule has 0 spiro atoms. The van der Waals surface area contributed by atoms with Gasteiger partial charge in [0.05, 0.1) is 11.0 Å². The zero-order chi connectivity index (χ0) is 17.1. The van der Waals surface area contributed by atoms with Crippen LogP contribution in [0.3, 0.4) is 0 Å². The average Bonchev–Trinajstić information content (AvgIpc) is 2.94. The number of nitrogens with zero attached hydrogens (tertiary/aromatic N) is 2. The predicted octanol–water partition coefficient (Wildman–Crippen LogP) is 2.56. The zero-order valence-electron chi connectivity index (χ0n) is 12.6. The first-order chi connectivity index (χ1) is 11.6. The second kappa shape index (κ2) is 6.37. The van der Waals surface area contributed by atoms with Crippen molar-refractivity contribution in [2.45, 2.75) is 0 Å². The van der Waals surface area contributed by atoms with Gasteiger partial charge in [0.25, 0.3) is 0 Å². The van der Waals surface area contributed by atoms with Gasteiger partial charge in [-0.05, 0) is 36.4 Å². The lowest BCUT2D eigenvalue weighted by Gasteiger charge is -2.06. The number of aromatic nitrogens is 2. The van der Waals surface area contributed by atoms with Crippen LogP contribution in [0.15, 0.2) is 47.6 Å². The highest BCUT2D eigenvalue weighted by molar-refractivity contribution is 6.13. The molecule has 0 radical (unpaired) electrons. The Kier molecular flexibility index (Phi) is 4.11. The Labute approximate surface area is 135 Å². The molecule has 0 aliphatic heterocycles. The third-order valence-corrected chi connectivity index (χ3v) is 3.23. The number of halogens is 1. The van der Waals surface area contributed by atoms with E-state index >= 15 is 0 Å². The molecular formula is C16H13FN4O3. The number of amides is 1. The Hall–Kier alpha value is -3.42. The molecule has 0 fully saturated rings. The summed E-state index contributed by atoms with van der Waals surface area (Å²) in [5, 5.41) is 4.01. The van der Waals surface area contributed by atoms with Crippen LogP contribution in [0.2, 0.25) is 0 Å². The van der Waals surface area contributed by atoms with Gasteiger partial charge in [0, 0.05) is 11.1 Å². The van der Waals surface area contributed by atoms with Crippen LogP contribution in [-0.4, -0.2) is 28.9 Å². The molecule has 0 unspecified atom stereocenters. The Bertz CT molecular complexity index is 919. The SMILES string of the molecule is CO/N=C(/c1ccc(F)cc1)c1ccc2[nH]c(OC(N)=O)nc2c1. The number of ether oxygens (including phenoxy) is 1. The minimum atomic E-state index is -0.956. The number of carbonyl (C=O) groups excluding carboxylic acids is 1. The second-order valence-electron chi connectivity index (χ2n) is 4.82. The van der Waals surface area contributed by atoms with Crippen LogP contribution in [0.1, 0.15) is 11.1 Å². The number of oxime groups is 1. The largest absolute Gasteiger partial charge is 0.412 e. The number of hydrogen-bond donors (Lipinski definition) is 2. The Morgan fingerprint density at radius 3 is 2.58 bits per heavy atom. The summed E-state index contributed by atoms with van der Waals surface area (Å²) in [6, 6.07) is 11.2. The summed E-state index contributed by atoms with van der Waals surface area (Å²) < 4.78 is 17.8. The van der Waals surface area contributed by atoms with Gasteiger partial charge in [-0.15, -0.1) is 0 Å². The summed E-state index contributed by atoms with van der Waals surface area (Å²) in [5.41, 5.74) is 8.07. The van der Waals surface area contributed by atoms with Crippen molar-refractivity contribution in [3.63, 3.8) is 0 Å². The lowest BCUT2D eigenvalue weighted by Crippen LogP contribution is -2.16. The van der Waals surface area contributed by atoms with E-state index in [-0.39, 0.29) is 11.8 Å². The minimum Gasteiger partial charge on any atom is -0.399 e. The van der Waals surface area contributed by atoms with E-state index in [1.807, 2.05) is 0 Å². The molecule has 3 aromatic rings. The summed E-state index contributed by atoms with van der Waals surface area (Å²) in [4.78, 5) is 22.6. The Morgan fingerprint density at radius 2 is 1.92 bits per heavy atom. The van der Waals surface area contributed by atoms with Crippen molar-refractivity contribution < 1.29 is 18.8 Å². The molecule has 0 saturated carbocycles. The fraction of sp³-hybridized carbons (Fsp3) is 0.0625. The number of carbonyl (C=O) groups is 1. The van der Waals surface area contributed by atoms with Crippen molar-refractivity contribution >= 4 is 22.8 Å². The molecule has 0 aliphatic rings. The van der Waals surface area contributed by atoms with Crippen LogP contribution in [0, 0.1) is 5.82 Å². The van der Waals surface area contributed by atoms with E-state index in [2.05, 4.69) is 15.1 Å². The van der Waals surface area contributed by atoms with Gasteiger partial charge in [0.15, 0.2) is 0 Å². The number of nitrogens with one attached hydrogen (secondary N) is 1. The topological polar surface area (TPSA) is 103 Å². The van der Waals surface area contributed by atoms with E-state index in [0.717, 1.165) is 0 Å². The molecule has 1 amide bonds. The number of H-pyrrole nitrogens is 1. The Morgan fingerprint density at radius 1 is 1.21 bits per heavy atom. The maximum Gasteiger partial charge on any atom is 0.412 e. The molecule has 1 aromatic heterocycles. The number of benzene rings is 2. The fourth-order valence-corrected chi connectivity index (χ4v) is 2.24. The van der Waals surface area contributed by atoms with Crippen molar-refractivity contribution in [2.24, 2.45) is 10.9 Å². The number of rotatable bonds is 4. The normalized spacial score (nSPS) is 11.5. The lowest BCUT2D eigenvalue weighted by molar-refractivity contribution is 0.207. The number of nitrogens with two attached hydrogens (primary N) is 1. The number of hydrogen-bond acceptors (Lipinski definition) is 5. The highest BCUT2D eigenvalue weighted by Crippen LogP contribution is 2.20. The molecule has 0 aliphatic carbocycles. The summed E-state index contributed by atoms with van der Waals surface area (Å²) in [7, 11) is 1.43. The molecule has 7 nitrogen and oxygen atoms in total. The first-order valence-electron chi connectivity index (χ1n) is 6.91. The van der Waals surface area contributed by atoms with Crippen molar-refractivity contribution in [3.05, 3.63) is 59.4 Å². The van der Waals surface area contributed by atoms with E-state index in [1.165, 1.54) is 19.2 Å². The van der Waals surface area contributed by atoms with Crippen molar-refractivity contribution in [1.29, 1.82) is 0 Å². The van der Waals surface area contributed by atoms with Gasteiger partial charge in [-0.1, -0.05) is 11.2 Å². The third kappa shape index (κ3) is 3.17. The summed E-state index contributed by atoms with van der Waals surface area (Å²) in [6.45, 7) is 0. The summed E-state index contributed by atoms with van der Waals surface area (Å²) in [6.07, 6.45) is -0.956. The average molecular weight is 328 g/mol. The van der Waals surface area contributed by atoms with E-state index in [4.69, 9.17) is 15.3 Å². The van der Waals surface area contributed by atoms with E-state index < -0.39 is 6.09 Å². The number of fused-ring (bicyclic) bond motifs is 1. The molecular weight excluding hydrogens is 315 g/mol. The van der Waals surface area contributed by atoms with Crippen molar-refractivity contribution in [3.8, 4) is 6.01 Å². The number of aromatic amines is 1. The van der Waals surface area contributed by atoms with Gasteiger partial charge >= 0.3 is 12.1 Å². The van der Waals surface area contributed by atoms with Gasteiger partial charge in [0.2, 0.25) is 0 Å². The molecule has 8 heteroatoms. The van der Waals surface area contributed by atoms with E-state index in [1.54, 1.807) is 30.3 Å². The van der Waals surface area contributed by atoms with Crippen molar-refractivity contribution in [1.82, 2.24) is 9.97 Å². The zero-order valence-corrected chi connectivity index (χ0v) is 12.6. The smallest absolute Gasteiger partial charge is 0.399 e. The van der Waals surface area contributed by atoms with Crippen LogP contribution in [0.25, 0.3) is 11.0 Å². The third-order valence-electron chi connectivity index (χ3n) is 3.23. The highest BCUT2D eigenvalue weighted by atomic mass is 19.1. The summed E-state index contributed by atoms with van der Waals surface area (Å²) >= 11 is 0. The summed E-state index contributed by atoms with van der Waals surface area (Å²) in [5.74, 6) is -0.341. The van der Waals surface area contributed by atoms with Crippen molar-refractivity contribution in [2.75, 3.05) is 7.11 Å². The maximum absolute atomic E-state index is 13.1. The molecule has 0 atom stereocenters. The molecule has 122 valence electrons. The predicted molar refractivity (Wildman–Crippen MR) is 85.4 cm³/mol. The molecule has 3 N–H and O–H groups in total. The van der Waals surface area contributed by atoms with Gasteiger partial charge in [-0.3, -0.25) is 0 Å². The Balaban J connectivity index is 2.03. The first-order valence-corrected chi connectivity index (χ1v) is 6.91. The number of primary amides is 1. The van der Waals surface area contributed by atoms with E-state index in [9.17, 15) is 9.18 Å². The van der Waals surface area contributed by atoms with Crippen LogP contribution >= 0.6 is 0 Å². The molecule has 1 heterocycles. The van der Waals surface area contributed by atoms with Crippen LogP contribution < -0.4 is 10.5 Å². The second-order valence-corrected chi connectivity index (χ2v) is 4.82. The van der Waals surface area contributed by atoms with Gasteiger partial charge < -0.3 is 20.3 Å². The maximum atomic E-state index is 13.1. The molecule has 0 bridgehead atoms. The number of imidazole rings is 1. The van der Waals surface area contributed by atoms with Crippen LogP contribution in [-0.2, 0) is 4.84 Å². The quantitative estimate of drug-likeness (QED) is 0.567. The fourth-order valence-electron chi connectivity index (χ4n) is 2.24. The van der Waals surface area contributed by atoms with Crippen LogP contribution in [0.5, 0.6) is 6.01 Å².